The highest BCUT2D eigenvalue weighted by Gasteiger charge is 2.08. The van der Waals surface area contributed by atoms with Crippen molar-refractivity contribution in [1.82, 2.24) is 0 Å². The van der Waals surface area contributed by atoms with Crippen LogP contribution in [0.5, 0.6) is 0 Å². The number of rotatable bonds is 4. The van der Waals surface area contributed by atoms with Crippen LogP contribution in [0.1, 0.15) is 25.0 Å². The number of aliphatic hydroxyl groups is 1. The van der Waals surface area contributed by atoms with Crippen LogP contribution in [0.4, 0.5) is 5.69 Å². The van der Waals surface area contributed by atoms with Crippen LogP contribution < -0.4 is 0 Å². The van der Waals surface area contributed by atoms with Crippen molar-refractivity contribution in [3.8, 4) is 0 Å². The number of non-ortho nitro benzene ring substituents is 1. The quantitative estimate of drug-likeness (QED) is 0.469. The lowest BCUT2D eigenvalue weighted by Gasteiger charge is -2.07. The second kappa shape index (κ2) is 5.26. The molecule has 0 heterocycles. The highest BCUT2D eigenvalue weighted by atomic mass is 16.6. The van der Waals surface area contributed by atoms with Crippen LogP contribution >= 0.6 is 0 Å². The summed E-state index contributed by atoms with van der Waals surface area (Å²) in [6.45, 7) is 1.88. The van der Waals surface area contributed by atoms with E-state index in [2.05, 4.69) is 0 Å². The maximum atomic E-state index is 10.4. The molecule has 0 spiro atoms. The zero-order valence-electron chi connectivity index (χ0n) is 8.46. The Morgan fingerprint density at radius 3 is 2.53 bits per heavy atom. The van der Waals surface area contributed by atoms with E-state index in [4.69, 9.17) is 0 Å². The van der Waals surface area contributed by atoms with Gasteiger partial charge in [0.25, 0.3) is 5.69 Å². The van der Waals surface area contributed by atoms with E-state index in [1.54, 1.807) is 12.1 Å². The van der Waals surface area contributed by atoms with Crippen molar-refractivity contribution in [2.24, 2.45) is 0 Å². The second-order valence-corrected chi connectivity index (χ2v) is 3.17. The minimum atomic E-state index is -0.595. The molecule has 0 bridgehead atoms. The van der Waals surface area contributed by atoms with Crippen molar-refractivity contribution in [2.75, 3.05) is 0 Å². The van der Waals surface area contributed by atoms with Gasteiger partial charge in [-0.2, -0.15) is 0 Å². The Kier molecular flexibility index (Phi) is 4.00. The largest absolute Gasteiger partial charge is 0.388 e. The summed E-state index contributed by atoms with van der Waals surface area (Å²) in [5.74, 6) is 0. The van der Waals surface area contributed by atoms with E-state index < -0.39 is 11.0 Å². The number of nitrogens with zero attached hydrogens (tertiary/aromatic N) is 1. The fourth-order valence-electron chi connectivity index (χ4n) is 1.22. The Bertz CT molecular complexity index is 357. The molecule has 4 nitrogen and oxygen atoms in total. The standard InChI is InChI=1S/C11H13NO3/c1-2-3-4-11(13)9-5-7-10(8-6-9)12(14)15/h2-3,5-8,11,13H,4H2,1H3/b3-2+/t11-/m1/s1. The summed E-state index contributed by atoms with van der Waals surface area (Å²) in [6, 6.07) is 5.95. The fraction of sp³-hybridized carbons (Fsp3) is 0.273. The summed E-state index contributed by atoms with van der Waals surface area (Å²) >= 11 is 0. The Hall–Kier alpha value is -1.68. The number of hydrogen-bond donors (Lipinski definition) is 1. The summed E-state index contributed by atoms with van der Waals surface area (Å²) in [6.07, 6.45) is 3.64. The van der Waals surface area contributed by atoms with Crippen LogP contribution in [-0.2, 0) is 0 Å². The van der Waals surface area contributed by atoms with Gasteiger partial charge in [-0.15, -0.1) is 0 Å². The molecule has 1 rings (SSSR count). The van der Waals surface area contributed by atoms with E-state index in [9.17, 15) is 15.2 Å². The van der Waals surface area contributed by atoms with E-state index in [-0.39, 0.29) is 5.69 Å². The van der Waals surface area contributed by atoms with Crippen LogP contribution in [0.2, 0.25) is 0 Å². The Labute approximate surface area is 88.0 Å². The van der Waals surface area contributed by atoms with E-state index in [0.29, 0.717) is 12.0 Å². The number of nitro benzene ring substituents is 1. The van der Waals surface area contributed by atoms with Gasteiger partial charge in [0.15, 0.2) is 0 Å². The van der Waals surface area contributed by atoms with E-state index in [1.165, 1.54) is 12.1 Å². The zero-order chi connectivity index (χ0) is 11.3. The molecule has 0 saturated heterocycles. The average molecular weight is 207 g/mol. The molecule has 0 aromatic heterocycles. The van der Waals surface area contributed by atoms with E-state index >= 15 is 0 Å². The monoisotopic (exact) mass is 207 g/mol. The Morgan fingerprint density at radius 1 is 1.47 bits per heavy atom. The van der Waals surface area contributed by atoms with Crippen molar-refractivity contribution >= 4 is 5.69 Å². The van der Waals surface area contributed by atoms with Gasteiger partial charge in [-0.25, -0.2) is 0 Å². The van der Waals surface area contributed by atoms with Gasteiger partial charge in [0.05, 0.1) is 11.0 Å². The van der Waals surface area contributed by atoms with Gasteiger partial charge >= 0.3 is 0 Å². The number of nitro groups is 1. The Morgan fingerprint density at radius 2 is 2.07 bits per heavy atom. The SMILES string of the molecule is C/C=C/C[C@@H](O)c1ccc([N+](=O)[O-])cc1. The first-order valence-corrected chi connectivity index (χ1v) is 4.68. The summed E-state index contributed by atoms with van der Waals surface area (Å²) in [7, 11) is 0. The lowest BCUT2D eigenvalue weighted by Crippen LogP contribution is -1.96. The molecule has 0 aliphatic rings. The molecule has 4 heteroatoms. The number of hydrogen-bond acceptors (Lipinski definition) is 3. The predicted molar refractivity (Wildman–Crippen MR) is 57.5 cm³/mol. The third kappa shape index (κ3) is 3.18. The molecule has 1 atom stereocenters. The molecule has 15 heavy (non-hydrogen) atoms. The minimum Gasteiger partial charge on any atom is -0.388 e. The summed E-state index contributed by atoms with van der Waals surface area (Å²) < 4.78 is 0. The highest BCUT2D eigenvalue weighted by Crippen LogP contribution is 2.20. The molecular formula is C11H13NO3. The summed E-state index contributed by atoms with van der Waals surface area (Å²) in [4.78, 5) is 9.93. The average Bonchev–Trinajstić information content (AvgIpc) is 2.26. The number of allylic oxidation sites excluding steroid dienone is 1. The smallest absolute Gasteiger partial charge is 0.269 e. The minimum absolute atomic E-state index is 0.0389. The number of aliphatic hydroxyl groups excluding tert-OH is 1. The van der Waals surface area contributed by atoms with E-state index in [1.807, 2.05) is 19.1 Å². The molecule has 0 radical (unpaired) electrons. The lowest BCUT2D eigenvalue weighted by atomic mass is 10.1. The summed E-state index contributed by atoms with van der Waals surface area (Å²) in [5.41, 5.74) is 0.732. The Balaban J connectivity index is 2.75. The topological polar surface area (TPSA) is 63.4 Å². The predicted octanol–water partition coefficient (Wildman–Crippen LogP) is 2.59. The third-order valence-corrected chi connectivity index (χ3v) is 2.08. The molecule has 0 aliphatic carbocycles. The van der Waals surface area contributed by atoms with Gasteiger partial charge < -0.3 is 5.11 Å². The maximum Gasteiger partial charge on any atom is 0.269 e. The van der Waals surface area contributed by atoms with Crippen LogP contribution in [0, 0.1) is 10.1 Å². The first-order valence-electron chi connectivity index (χ1n) is 4.68. The van der Waals surface area contributed by atoms with E-state index in [0.717, 1.165) is 0 Å². The normalized spacial score (nSPS) is 12.9. The van der Waals surface area contributed by atoms with Gasteiger partial charge in [0.1, 0.15) is 0 Å². The van der Waals surface area contributed by atoms with Gasteiger partial charge in [-0.05, 0) is 31.0 Å². The maximum absolute atomic E-state index is 10.4. The van der Waals surface area contributed by atoms with Crippen molar-refractivity contribution in [1.29, 1.82) is 0 Å². The van der Waals surface area contributed by atoms with Crippen molar-refractivity contribution in [3.63, 3.8) is 0 Å². The molecule has 0 unspecified atom stereocenters. The van der Waals surface area contributed by atoms with Crippen LogP contribution in [0.15, 0.2) is 36.4 Å². The van der Waals surface area contributed by atoms with Gasteiger partial charge in [-0.3, -0.25) is 10.1 Å². The molecule has 1 aromatic rings. The zero-order valence-corrected chi connectivity index (χ0v) is 8.46. The van der Waals surface area contributed by atoms with Gasteiger partial charge in [-0.1, -0.05) is 12.2 Å². The molecular weight excluding hydrogens is 194 g/mol. The lowest BCUT2D eigenvalue weighted by molar-refractivity contribution is -0.384. The first kappa shape index (κ1) is 11.4. The van der Waals surface area contributed by atoms with Gasteiger partial charge in [0, 0.05) is 12.1 Å². The second-order valence-electron chi connectivity index (χ2n) is 3.17. The van der Waals surface area contributed by atoms with Crippen molar-refractivity contribution < 1.29 is 10.0 Å². The first-order chi connectivity index (χ1) is 7.15. The van der Waals surface area contributed by atoms with Crippen LogP contribution in [0.25, 0.3) is 0 Å². The highest BCUT2D eigenvalue weighted by molar-refractivity contribution is 5.33. The fourth-order valence-corrected chi connectivity index (χ4v) is 1.22. The molecule has 0 amide bonds. The molecule has 1 N–H and O–H groups in total. The third-order valence-electron chi connectivity index (χ3n) is 2.08. The molecule has 0 aliphatic heterocycles. The van der Waals surface area contributed by atoms with Crippen molar-refractivity contribution in [2.45, 2.75) is 19.4 Å². The summed E-state index contributed by atoms with van der Waals surface area (Å²) in [5, 5.41) is 20.0. The molecule has 0 fully saturated rings. The molecule has 1 aromatic carbocycles. The number of benzene rings is 1. The van der Waals surface area contributed by atoms with Crippen LogP contribution in [0.3, 0.4) is 0 Å². The molecule has 80 valence electrons. The molecule has 0 saturated carbocycles. The van der Waals surface area contributed by atoms with Gasteiger partial charge in [0.2, 0.25) is 0 Å². The van der Waals surface area contributed by atoms with Crippen LogP contribution in [-0.4, -0.2) is 10.0 Å². The van der Waals surface area contributed by atoms with Crippen molar-refractivity contribution in [3.05, 3.63) is 52.1 Å².